The van der Waals surface area contributed by atoms with Gasteiger partial charge < -0.3 is 14.4 Å². The van der Waals surface area contributed by atoms with Gasteiger partial charge in [0.1, 0.15) is 4.32 Å². The average Bonchev–Trinajstić information content (AvgIpc) is 3.38. The van der Waals surface area contributed by atoms with E-state index in [0.717, 1.165) is 31.5 Å². The average molecular weight is 405 g/mol. The number of fused-ring (bicyclic) bond motifs is 1. The number of carbonyl (C=O) groups excluding carboxylic acids is 2. The van der Waals surface area contributed by atoms with Gasteiger partial charge in [0.05, 0.1) is 4.91 Å². The minimum atomic E-state index is -0.101. The van der Waals surface area contributed by atoms with Crippen LogP contribution in [-0.4, -0.2) is 52.4 Å². The SMILES string of the molecule is O=C(CCCN1C(=O)/C(=C/c2ccc3c(c2)OCO3)SC1=S)N1CCCC1. The fraction of sp³-hybridized carbons (Fsp3) is 0.421. The summed E-state index contributed by atoms with van der Waals surface area (Å²) in [6.45, 7) is 2.41. The van der Waals surface area contributed by atoms with Crippen LogP contribution in [0.25, 0.3) is 6.08 Å². The summed E-state index contributed by atoms with van der Waals surface area (Å²) in [5.41, 5.74) is 0.865. The lowest BCUT2D eigenvalue weighted by atomic mass is 10.2. The lowest BCUT2D eigenvalue weighted by molar-refractivity contribution is -0.130. The number of rotatable bonds is 5. The summed E-state index contributed by atoms with van der Waals surface area (Å²) < 4.78 is 11.2. The Morgan fingerprint density at radius 3 is 2.81 bits per heavy atom. The third-order valence-electron chi connectivity index (χ3n) is 4.80. The molecule has 1 aromatic rings. The van der Waals surface area contributed by atoms with E-state index >= 15 is 0 Å². The highest BCUT2D eigenvalue weighted by Gasteiger charge is 2.32. The van der Waals surface area contributed by atoms with Crippen LogP contribution < -0.4 is 9.47 Å². The summed E-state index contributed by atoms with van der Waals surface area (Å²) in [5.74, 6) is 1.46. The summed E-state index contributed by atoms with van der Waals surface area (Å²) in [5, 5.41) is 0. The van der Waals surface area contributed by atoms with Crippen LogP contribution in [0.1, 0.15) is 31.2 Å². The molecule has 3 heterocycles. The molecule has 4 rings (SSSR count). The predicted molar refractivity (Wildman–Crippen MR) is 107 cm³/mol. The van der Waals surface area contributed by atoms with Crippen molar-refractivity contribution in [2.75, 3.05) is 26.4 Å². The van der Waals surface area contributed by atoms with E-state index < -0.39 is 0 Å². The largest absolute Gasteiger partial charge is 0.454 e. The van der Waals surface area contributed by atoms with Gasteiger partial charge in [-0.2, -0.15) is 0 Å². The molecule has 0 aliphatic carbocycles. The topological polar surface area (TPSA) is 59.1 Å². The minimum Gasteiger partial charge on any atom is -0.454 e. The molecule has 8 heteroatoms. The third-order valence-corrected chi connectivity index (χ3v) is 6.18. The second-order valence-electron chi connectivity index (χ2n) is 6.64. The zero-order valence-corrected chi connectivity index (χ0v) is 16.4. The number of hydrogen-bond acceptors (Lipinski definition) is 6. The quantitative estimate of drug-likeness (QED) is 0.555. The predicted octanol–water partition coefficient (Wildman–Crippen LogP) is 3.02. The maximum atomic E-state index is 12.7. The van der Waals surface area contributed by atoms with Crippen molar-refractivity contribution in [1.82, 2.24) is 9.80 Å². The number of benzene rings is 1. The van der Waals surface area contributed by atoms with Gasteiger partial charge in [-0.15, -0.1) is 0 Å². The molecule has 2 saturated heterocycles. The van der Waals surface area contributed by atoms with Gasteiger partial charge in [-0.1, -0.05) is 30.0 Å². The van der Waals surface area contributed by atoms with Gasteiger partial charge in [-0.25, -0.2) is 0 Å². The van der Waals surface area contributed by atoms with Crippen molar-refractivity contribution in [1.29, 1.82) is 0 Å². The molecule has 0 saturated carbocycles. The molecule has 3 aliphatic heterocycles. The molecule has 3 aliphatic rings. The summed E-state index contributed by atoms with van der Waals surface area (Å²) in [6, 6.07) is 5.57. The molecule has 0 unspecified atom stereocenters. The zero-order valence-electron chi connectivity index (χ0n) is 14.8. The Balaban J connectivity index is 1.36. The van der Waals surface area contributed by atoms with Crippen LogP contribution >= 0.6 is 24.0 Å². The maximum absolute atomic E-state index is 12.7. The van der Waals surface area contributed by atoms with Crippen LogP contribution in [0.15, 0.2) is 23.1 Å². The van der Waals surface area contributed by atoms with Crippen molar-refractivity contribution in [3.63, 3.8) is 0 Å². The first-order valence-corrected chi connectivity index (χ1v) is 10.3. The molecule has 0 aromatic heterocycles. The van der Waals surface area contributed by atoms with Crippen molar-refractivity contribution < 1.29 is 19.1 Å². The number of thioether (sulfide) groups is 1. The zero-order chi connectivity index (χ0) is 18.8. The standard InChI is InChI=1S/C19H20N2O4S2/c22-17(20-7-1-2-8-20)4-3-9-21-18(23)16(27-19(21)26)11-13-5-6-14-15(10-13)25-12-24-14/h5-6,10-11H,1-4,7-9,12H2/b16-11-. The molecule has 0 N–H and O–H groups in total. The van der Waals surface area contributed by atoms with Crippen molar-refractivity contribution in [2.24, 2.45) is 0 Å². The van der Waals surface area contributed by atoms with Crippen molar-refractivity contribution >= 4 is 46.2 Å². The van der Waals surface area contributed by atoms with Gasteiger partial charge in [-0.3, -0.25) is 14.5 Å². The van der Waals surface area contributed by atoms with E-state index in [1.165, 1.54) is 11.8 Å². The van der Waals surface area contributed by atoms with Gasteiger partial charge in [0, 0.05) is 26.1 Å². The highest BCUT2D eigenvalue weighted by atomic mass is 32.2. The van der Waals surface area contributed by atoms with Crippen LogP contribution in [-0.2, 0) is 9.59 Å². The number of thiocarbonyl (C=S) groups is 1. The Hall–Kier alpha value is -2.06. The monoisotopic (exact) mass is 404 g/mol. The molecule has 0 bridgehead atoms. The van der Waals surface area contributed by atoms with Gasteiger partial charge in [0.25, 0.3) is 5.91 Å². The molecule has 1 aromatic carbocycles. The first kappa shape index (κ1) is 18.3. The molecule has 27 heavy (non-hydrogen) atoms. The molecule has 6 nitrogen and oxygen atoms in total. The summed E-state index contributed by atoms with van der Waals surface area (Å²) in [7, 11) is 0. The normalized spacial score (nSPS) is 20.2. The lowest BCUT2D eigenvalue weighted by Gasteiger charge is -2.17. The number of amides is 2. The van der Waals surface area contributed by atoms with Crippen molar-refractivity contribution in [3.8, 4) is 11.5 Å². The van der Waals surface area contributed by atoms with Gasteiger partial charge in [0.15, 0.2) is 11.5 Å². The number of nitrogens with zero attached hydrogens (tertiary/aromatic N) is 2. The Labute approximate surface area is 167 Å². The summed E-state index contributed by atoms with van der Waals surface area (Å²) >= 11 is 6.66. The lowest BCUT2D eigenvalue weighted by Crippen LogP contribution is -2.31. The molecule has 0 spiro atoms. The molecular weight excluding hydrogens is 384 g/mol. The molecule has 142 valence electrons. The highest BCUT2D eigenvalue weighted by molar-refractivity contribution is 8.26. The molecule has 0 atom stereocenters. The minimum absolute atomic E-state index is 0.101. The first-order chi connectivity index (χ1) is 13.1. The van der Waals surface area contributed by atoms with Crippen LogP contribution in [0.4, 0.5) is 0 Å². The maximum Gasteiger partial charge on any atom is 0.266 e. The number of ether oxygens (including phenoxy) is 2. The van der Waals surface area contributed by atoms with E-state index in [1.807, 2.05) is 29.2 Å². The smallest absolute Gasteiger partial charge is 0.266 e. The van der Waals surface area contributed by atoms with E-state index in [1.54, 1.807) is 4.90 Å². The Kier molecular flexibility index (Phi) is 5.36. The fourth-order valence-electron chi connectivity index (χ4n) is 3.36. The Morgan fingerprint density at radius 2 is 2.00 bits per heavy atom. The van der Waals surface area contributed by atoms with E-state index in [2.05, 4.69) is 0 Å². The van der Waals surface area contributed by atoms with E-state index in [-0.39, 0.29) is 18.6 Å². The molecule has 0 radical (unpaired) electrons. The van der Waals surface area contributed by atoms with E-state index in [9.17, 15) is 9.59 Å². The second-order valence-corrected chi connectivity index (χ2v) is 8.31. The second kappa shape index (κ2) is 7.90. The van der Waals surface area contributed by atoms with Crippen LogP contribution in [0.2, 0.25) is 0 Å². The third kappa shape index (κ3) is 3.96. The Morgan fingerprint density at radius 1 is 1.22 bits per heavy atom. The van der Waals surface area contributed by atoms with Crippen molar-refractivity contribution in [3.05, 3.63) is 28.7 Å². The van der Waals surface area contributed by atoms with Gasteiger partial charge in [-0.05, 0) is 43.0 Å². The first-order valence-electron chi connectivity index (χ1n) is 9.04. The molecule has 2 amide bonds. The van der Waals surface area contributed by atoms with Crippen LogP contribution in [0.5, 0.6) is 11.5 Å². The number of carbonyl (C=O) groups is 2. The Bertz CT molecular complexity index is 818. The number of likely N-dealkylation sites (tertiary alicyclic amines) is 1. The van der Waals surface area contributed by atoms with Crippen LogP contribution in [0.3, 0.4) is 0 Å². The van der Waals surface area contributed by atoms with Crippen LogP contribution in [0, 0.1) is 0 Å². The van der Waals surface area contributed by atoms with Crippen molar-refractivity contribution in [2.45, 2.75) is 25.7 Å². The fourth-order valence-corrected chi connectivity index (χ4v) is 4.67. The number of hydrogen-bond donors (Lipinski definition) is 0. The van der Waals surface area contributed by atoms with E-state index in [0.29, 0.717) is 40.1 Å². The highest BCUT2D eigenvalue weighted by Crippen LogP contribution is 2.36. The molecule has 2 fully saturated rings. The van der Waals surface area contributed by atoms with Gasteiger partial charge >= 0.3 is 0 Å². The van der Waals surface area contributed by atoms with Gasteiger partial charge in [0.2, 0.25) is 12.7 Å². The molecular formula is C19H20N2O4S2. The van der Waals surface area contributed by atoms with E-state index in [4.69, 9.17) is 21.7 Å². The summed E-state index contributed by atoms with van der Waals surface area (Å²) in [6.07, 6.45) is 5.07. The summed E-state index contributed by atoms with van der Waals surface area (Å²) in [4.78, 5) is 28.9.